The number of nitrogens with one attached hydrogen (secondary N) is 2. The number of anilines is 4. The molecule has 1 aliphatic carbocycles. The molecule has 13 nitrogen and oxygen atoms in total. The van der Waals surface area contributed by atoms with Crippen molar-refractivity contribution in [2.24, 2.45) is 0 Å². The number of thiocarbonyl (C=S) groups is 1. The van der Waals surface area contributed by atoms with Crippen molar-refractivity contribution in [1.82, 2.24) is 0 Å². The second-order valence-electron chi connectivity index (χ2n) is 16.0. The first kappa shape index (κ1) is 46.2. The summed E-state index contributed by atoms with van der Waals surface area (Å²) in [4.78, 5) is 40.6. The maximum Gasteiger partial charge on any atom is 0.325 e. The number of amides is 1. The standard InChI is InChI=1S/C28H30N2O5.C23H26N2O4S/c1-19(9-10-20-7-5-4-6-8-20)35-26-16-23(13-14-25(26)33-2)30-18-21-11-12-22(15-24(21)28(30)32)29-17-27(31)34-3;1-27-20-10-9-17(12-21(20)29-18-5-3-4-6-18)25-14-15-7-8-16(11-19(15)23(25)30)24-13-22(26)28-2/h4-8,11-16,19,29H,9-10,17-18H2,1-3H3;7-12,18,24H,3-6,13-14H2,1-2H3. The van der Waals surface area contributed by atoms with Crippen LogP contribution in [0.15, 0.2) is 103 Å². The molecule has 8 rings (SSSR count). The molecule has 1 unspecified atom stereocenters. The highest BCUT2D eigenvalue weighted by Crippen LogP contribution is 2.39. The molecule has 0 aromatic heterocycles. The first-order valence-corrected chi connectivity index (χ1v) is 22.2. The Morgan fingerprint density at radius 1 is 0.677 bits per heavy atom. The van der Waals surface area contributed by atoms with Gasteiger partial charge >= 0.3 is 11.9 Å². The van der Waals surface area contributed by atoms with Crippen LogP contribution in [-0.2, 0) is 38.6 Å². The first-order chi connectivity index (χ1) is 31.6. The fraction of sp³-hybridized carbons (Fsp3) is 0.333. The van der Waals surface area contributed by atoms with Crippen molar-refractivity contribution in [3.63, 3.8) is 0 Å². The molecule has 340 valence electrons. The summed E-state index contributed by atoms with van der Waals surface area (Å²) in [6.45, 7) is 3.34. The SMILES string of the molecule is COC(=O)CNc1ccc2c(c1)C(=O)N(c1ccc(OC)c(OC(C)CCc3ccccc3)c1)C2.COC(=O)CNc1ccc2c(c1)C(=S)N(c1ccc(OC)c(OC3CCCC3)c1)C2. The molecule has 2 aliphatic heterocycles. The largest absolute Gasteiger partial charge is 0.493 e. The Kier molecular flexibility index (Phi) is 15.4. The van der Waals surface area contributed by atoms with Crippen LogP contribution in [0.3, 0.4) is 0 Å². The van der Waals surface area contributed by atoms with Crippen LogP contribution in [0, 0.1) is 0 Å². The summed E-state index contributed by atoms with van der Waals surface area (Å²) in [6, 6.07) is 33.3. The number of fused-ring (bicyclic) bond motifs is 2. The van der Waals surface area contributed by atoms with Crippen molar-refractivity contribution in [2.75, 3.05) is 62.0 Å². The fourth-order valence-corrected chi connectivity index (χ4v) is 8.42. The minimum atomic E-state index is -0.373. The lowest BCUT2D eigenvalue weighted by atomic mass is 10.1. The Morgan fingerprint density at radius 2 is 1.23 bits per heavy atom. The first-order valence-electron chi connectivity index (χ1n) is 21.8. The van der Waals surface area contributed by atoms with Crippen LogP contribution in [0.1, 0.15) is 71.6 Å². The van der Waals surface area contributed by atoms with E-state index in [4.69, 9.17) is 31.2 Å². The minimum Gasteiger partial charge on any atom is -0.493 e. The average molecular weight is 901 g/mol. The molecule has 3 aliphatic rings. The zero-order valence-electron chi connectivity index (χ0n) is 37.5. The van der Waals surface area contributed by atoms with Gasteiger partial charge in [-0.2, -0.15) is 0 Å². The molecule has 2 heterocycles. The van der Waals surface area contributed by atoms with E-state index in [9.17, 15) is 14.4 Å². The zero-order valence-corrected chi connectivity index (χ0v) is 38.3. The Balaban J connectivity index is 0.000000196. The predicted octanol–water partition coefficient (Wildman–Crippen LogP) is 9.14. The zero-order chi connectivity index (χ0) is 45.9. The van der Waals surface area contributed by atoms with Gasteiger partial charge in [0.05, 0.1) is 47.2 Å². The molecule has 1 atom stereocenters. The van der Waals surface area contributed by atoms with Crippen molar-refractivity contribution in [3.8, 4) is 23.0 Å². The van der Waals surface area contributed by atoms with Gasteiger partial charge in [0.15, 0.2) is 23.0 Å². The summed E-state index contributed by atoms with van der Waals surface area (Å²) in [5.74, 6) is 1.95. The van der Waals surface area contributed by atoms with E-state index in [0.717, 1.165) is 75.9 Å². The summed E-state index contributed by atoms with van der Waals surface area (Å²) in [7, 11) is 5.98. The molecule has 1 amide bonds. The number of benzene rings is 5. The van der Waals surface area contributed by atoms with E-state index in [0.29, 0.717) is 35.8 Å². The Morgan fingerprint density at radius 3 is 1.85 bits per heavy atom. The van der Waals surface area contributed by atoms with Crippen LogP contribution >= 0.6 is 12.2 Å². The van der Waals surface area contributed by atoms with Gasteiger partial charge in [0.2, 0.25) is 0 Å². The molecule has 14 heteroatoms. The second-order valence-corrected chi connectivity index (χ2v) is 16.4. The van der Waals surface area contributed by atoms with Crippen LogP contribution in [0.4, 0.5) is 22.7 Å². The van der Waals surface area contributed by atoms with E-state index in [1.54, 1.807) is 25.2 Å². The number of rotatable bonds is 17. The van der Waals surface area contributed by atoms with E-state index < -0.39 is 0 Å². The predicted molar refractivity (Wildman–Crippen MR) is 256 cm³/mol. The van der Waals surface area contributed by atoms with Crippen molar-refractivity contribution in [1.29, 1.82) is 0 Å². The lowest BCUT2D eigenvalue weighted by molar-refractivity contribution is -0.139. The molecule has 5 aromatic rings. The molecule has 5 aromatic carbocycles. The number of nitrogens with zero attached hydrogens (tertiary/aromatic N) is 2. The van der Waals surface area contributed by atoms with E-state index in [-0.39, 0.29) is 43.1 Å². The molecule has 65 heavy (non-hydrogen) atoms. The number of ether oxygens (including phenoxy) is 6. The van der Waals surface area contributed by atoms with Crippen LogP contribution in [0.2, 0.25) is 0 Å². The van der Waals surface area contributed by atoms with Crippen molar-refractivity contribution >= 4 is 57.8 Å². The van der Waals surface area contributed by atoms with Gasteiger partial charge in [0.1, 0.15) is 18.1 Å². The van der Waals surface area contributed by atoms with Crippen LogP contribution in [0.25, 0.3) is 0 Å². The van der Waals surface area contributed by atoms with Crippen LogP contribution < -0.4 is 39.4 Å². The number of methoxy groups -OCH3 is 4. The summed E-state index contributed by atoms with van der Waals surface area (Å²) >= 11 is 5.78. The number of esters is 2. The third-order valence-corrected chi connectivity index (χ3v) is 12.1. The fourth-order valence-electron chi connectivity index (χ4n) is 8.06. The third-order valence-electron chi connectivity index (χ3n) is 11.7. The number of carbonyl (C=O) groups is 3. The van der Waals surface area contributed by atoms with Crippen LogP contribution in [0.5, 0.6) is 23.0 Å². The molecule has 1 fully saturated rings. The second kappa shape index (κ2) is 21.7. The quantitative estimate of drug-likeness (QED) is 0.0679. The molecule has 0 bridgehead atoms. The van der Waals surface area contributed by atoms with E-state index in [1.807, 2.05) is 91.9 Å². The molecule has 0 saturated heterocycles. The maximum atomic E-state index is 13.2. The molecule has 0 spiro atoms. The lowest BCUT2D eigenvalue weighted by Gasteiger charge is -2.22. The number of hydrogen-bond acceptors (Lipinski definition) is 12. The van der Waals surface area contributed by atoms with Gasteiger partial charge in [0.25, 0.3) is 5.91 Å². The smallest absolute Gasteiger partial charge is 0.325 e. The summed E-state index contributed by atoms with van der Waals surface area (Å²) < 4.78 is 32.8. The Labute approximate surface area is 385 Å². The highest BCUT2D eigenvalue weighted by atomic mass is 32.1. The third kappa shape index (κ3) is 11.5. The van der Waals surface area contributed by atoms with Gasteiger partial charge in [-0.3, -0.25) is 14.4 Å². The molecule has 2 N–H and O–H groups in total. The monoisotopic (exact) mass is 900 g/mol. The summed E-state index contributed by atoms with van der Waals surface area (Å²) in [6.07, 6.45) is 6.58. The normalized spacial score (nSPS) is 14.4. The minimum absolute atomic E-state index is 0.0331. The van der Waals surface area contributed by atoms with Crippen molar-refractivity contribution < 1.29 is 42.8 Å². The van der Waals surface area contributed by atoms with Gasteiger partial charge in [-0.15, -0.1) is 0 Å². The van der Waals surface area contributed by atoms with Gasteiger partial charge in [-0.25, -0.2) is 0 Å². The summed E-state index contributed by atoms with van der Waals surface area (Å²) in [5.41, 5.74) is 8.19. The highest BCUT2D eigenvalue weighted by molar-refractivity contribution is 7.81. The van der Waals surface area contributed by atoms with E-state index >= 15 is 0 Å². The summed E-state index contributed by atoms with van der Waals surface area (Å²) in [5, 5.41) is 6.06. The molecule has 0 radical (unpaired) electrons. The Bertz CT molecular complexity index is 2490. The van der Waals surface area contributed by atoms with Crippen molar-refractivity contribution in [3.05, 3.63) is 131 Å². The van der Waals surface area contributed by atoms with Gasteiger partial charge in [-0.1, -0.05) is 54.7 Å². The molecule has 1 saturated carbocycles. The van der Waals surface area contributed by atoms with Crippen molar-refractivity contribution in [2.45, 2.75) is 70.7 Å². The Hall–Kier alpha value is -6.80. The van der Waals surface area contributed by atoms with Gasteiger partial charge < -0.3 is 48.9 Å². The van der Waals surface area contributed by atoms with E-state index in [1.165, 1.54) is 32.6 Å². The molecular weight excluding hydrogens is 845 g/mol. The highest BCUT2D eigenvalue weighted by Gasteiger charge is 2.30. The average Bonchev–Trinajstić information content (AvgIpc) is 4.07. The van der Waals surface area contributed by atoms with Crippen LogP contribution in [-0.4, -0.2) is 76.6 Å². The number of carbonyl (C=O) groups excluding carboxylic acids is 3. The lowest BCUT2D eigenvalue weighted by Crippen LogP contribution is -2.23. The van der Waals surface area contributed by atoms with Gasteiger partial charge in [0, 0.05) is 52.6 Å². The number of aryl methyl sites for hydroxylation is 1. The maximum absolute atomic E-state index is 13.2. The topological polar surface area (TPSA) is 137 Å². The van der Waals surface area contributed by atoms with Gasteiger partial charge in [-0.05, 0) is 111 Å². The number of hydrogen-bond donors (Lipinski definition) is 2. The molecular formula is C51H56N4O9S. The van der Waals surface area contributed by atoms with E-state index in [2.05, 4.69) is 37.1 Å².